The molecule has 1 atom stereocenters. The fraction of sp³-hybridized carbons (Fsp3) is 0.385. The van der Waals surface area contributed by atoms with E-state index in [1.807, 2.05) is 12.1 Å². The number of aliphatic carboxylic acids is 1. The van der Waals surface area contributed by atoms with Gasteiger partial charge < -0.3 is 10.0 Å². The van der Waals surface area contributed by atoms with E-state index in [1.54, 1.807) is 13.0 Å². The van der Waals surface area contributed by atoms with Gasteiger partial charge in [-0.3, -0.25) is 4.79 Å². The first kappa shape index (κ1) is 12.9. The van der Waals surface area contributed by atoms with Gasteiger partial charge in [0.2, 0.25) is 0 Å². The van der Waals surface area contributed by atoms with E-state index in [0.29, 0.717) is 18.7 Å². The lowest BCUT2D eigenvalue weighted by Crippen LogP contribution is -2.51. The highest BCUT2D eigenvalue weighted by atomic mass is 79.9. The first-order chi connectivity index (χ1) is 8.52. The lowest BCUT2D eigenvalue weighted by molar-refractivity contribution is -0.143. The van der Waals surface area contributed by atoms with Gasteiger partial charge in [0.1, 0.15) is 6.07 Å². The van der Waals surface area contributed by atoms with E-state index in [9.17, 15) is 4.79 Å². The summed E-state index contributed by atoms with van der Waals surface area (Å²) in [4.78, 5) is 12.9. The van der Waals surface area contributed by atoms with Crippen molar-refractivity contribution in [3.63, 3.8) is 0 Å². The Kier molecular flexibility index (Phi) is 3.58. The summed E-state index contributed by atoms with van der Waals surface area (Å²) in [5, 5.41) is 18.0. The number of benzene rings is 1. The minimum atomic E-state index is -0.754. The molecule has 0 aromatic heterocycles. The molecule has 1 fully saturated rings. The van der Waals surface area contributed by atoms with Crippen LogP contribution in [0.4, 0.5) is 5.69 Å². The quantitative estimate of drug-likeness (QED) is 0.931. The van der Waals surface area contributed by atoms with Crippen molar-refractivity contribution in [2.24, 2.45) is 11.8 Å². The SMILES string of the molecule is CC(C(=O)O)C1CN(c2ccc(Br)cc2C#N)C1. The van der Waals surface area contributed by atoms with Crippen LogP contribution in [-0.4, -0.2) is 24.2 Å². The summed E-state index contributed by atoms with van der Waals surface area (Å²) in [5.74, 6) is -0.920. The van der Waals surface area contributed by atoms with Crippen LogP contribution in [0.5, 0.6) is 0 Å². The number of hydrogen-bond donors (Lipinski definition) is 1. The van der Waals surface area contributed by atoms with Crippen LogP contribution in [0, 0.1) is 23.2 Å². The van der Waals surface area contributed by atoms with Gasteiger partial charge in [-0.15, -0.1) is 0 Å². The zero-order valence-electron chi connectivity index (χ0n) is 9.93. The van der Waals surface area contributed by atoms with Gasteiger partial charge in [0.05, 0.1) is 17.2 Å². The summed E-state index contributed by atoms with van der Waals surface area (Å²) in [6.07, 6.45) is 0. The Bertz CT molecular complexity index is 518. The van der Waals surface area contributed by atoms with Crippen molar-refractivity contribution in [3.8, 4) is 6.07 Å². The lowest BCUT2D eigenvalue weighted by Gasteiger charge is -2.43. The maximum atomic E-state index is 10.9. The van der Waals surface area contributed by atoms with Gasteiger partial charge in [-0.1, -0.05) is 22.9 Å². The summed E-state index contributed by atoms with van der Waals surface area (Å²) in [7, 11) is 0. The molecule has 0 bridgehead atoms. The lowest BCUT2D eigenvalue weighted by atomic mass is 9.86. The highest BCUT2D eigenvalue weighted by Gasteiger charge is 2.35. The van der Waals surface area contributed by atoms with Crippen LogP contribution in [0.3, 0.4) is 0 Å². The van der Waals surface area contributed by atoms with Gasteiger partial charge in [-0.2, -0.15) is 5.26 Å². The number of nitriles is 1. The minimum absolute atomic E-state index is 0.165. The number of carboxylic acids is 1. The zero-order valence-corrected chi connectivity index (χ0v) is 11.5. The predicted octanol–water partition coefficient (Wildman–Crippen LogP) is 2.48. The molecule has 18 heavy (non-hydrogen) atoms. The second-order valence-electron chi connectivity index (χ2n) is 4.57. The van der Waals surface area contributed by atoms with E-state index >= 15 is 0 Å². The van der Waals surface area contributed by atoms with Gasteiger partial charge >= 0.3 is 5.97 Å². The Balaban J connectivity index is 2.09. The van der Waals surface area contributed by atoms with Crippen molar-refractivity contribution in [1.29, 1.82) is 5.26 Å². The molecule has 1 aliphatic rings. The minimum Gasteiger partial charge on any atom is -0.481 e. The number of anilines is 1. The molecule has 1 saturated heterocycles. The van der Waals surface area contributed by atoms with Gasteiger partial charge in [0.25, 0.3) is 0 Å². The Morgan fingerprint density at radius 1 is 1.61 bits per heavy atom. The van der Waals surface area contributed by atoms with Crippen molar-refractivity contribution >= 4 is 27.6 Å². The molecule has 5 heteroatoms. The molecule has 1 aromatic rings. The van der Waals surface area contributed by atoms with Crippen LogP contribution in [0.2, 0.25) is 0 Å². The van der Waals surface area contributed by atoms with E-state index in [-0.39, 0.29) is 11.8 Å². The largest absolute Gasteiger partial charge is 0.481 e. The van der Waals surface area contributed by atoms with Crippen molar-refractivity contribution in [1.82, 2.24) is 0 Å². The van der Waals surface area contributed by atoms with E-state index in [1.165, 1.54) is 0 Å². The Morgan fingerprint density at radius 2 is 2.28 bits per heavy atom. The monoisotopic (exact) mass is 308 g/mol. The molecule has 0 amide bonds. The molecule has 4 nitrogen and oxygen atoms in total. The van der Waals surface area contributed by atoms with E-state index in [0.717, 1.165) is 10.2 Å². The van der Waals surface area contributed by atoms with Crippen molar-refractivity contribution in [2.45, 2.75) is 6.92 Å². The fourth-order valence-corrected chi connectivity index (χ4v) is 2.46. The van der Waals surface area contributed by atoms with E-state index < -0.39 is 5.97 Å². The number of rotatable bonds is 3. The second kappa shape index (κ2) is 4.99. The zero-order chi connectivity index (χ0) is 13.3. The number of nitrogens with zero attached hydrogens (tertiary/aromatic N) is 2. The third-order valence-electron chi connectivity index (χ3n) is 3.43. The van der Waals surface area contributed by atoms with Gasteiger partial charge in [-0.25, -0.2) is 0 Å². The first-order valence-electron chi connectivity index (χ1n) is 5.70. The molecule has 0 radical (unpaired) electrons. The van der Waals surface area contributed by atoms with Crippen molar-refractivity contribution in [3.05, 3.63) is 28.2 Å². The molecule has 1 aromatic carbocycles. The third kappa shape index (κ3) is 2.34. The smallest absolute Gasteiger partial charge is 0.306 e. The number of hydrogen-bond acceptors (Lipinski definition) is 3. The van der Waals surface area contributed by atoms with Crippen LogP contribution in [-0.2, 0) is 4.79 Å². The molecule has 0 saturated carbocycles. The molecule has 0 spiro atoms. The van der Waals surface area contributed by atoms with Crippen LogP contribution < -0.4 is 4.90 Å². The molecule has 2 rings (SSSR count). The van der Waals surface area contributed by atoms with Crippen LogP contribution >= 0.6 is 15.9 Å². The average molecular weight is 309 g/mol. The topological polar surface area (TPSA) is 64.3 Å². The van der Waals surface area contributed by atoms with E-state index in [2.05, 4.69) is 26.9 Å². The fourth-order valence-electron chi connectivity index (χ4n) is 2.10. The summed E-state index contributed by atoms with van der Waals surface area (Å²) in [6.45, 7) is 3.13. The standard InChI is InChI=1S/C13H13BrN2O2/c1-8(13(17)18)10-6-16(7-10)12-3-2-11(14)4-9(12)5-15/h2-4,8,10H,6-7H2,1H3,(H,17,18). The molecular weight excluding hydrogens is 296 g/mol. The van der Waals surface area contributed by atoms with Crippen molar-refractivity contribution in [2.75, 3.05) is 18.0 Å². The molecule has 1 heterocycles. The van der Waals surface area contributed by atoms with Gasteiger partial charge in [0, 0.05) is 23.5 Å². The van der Waals surface area contributed by atoms with Crippen LogP contribution in [0.25, 0.3) is 0 Å². The summed E-state index contributed by atoms with van der Waals surface area (Å²) in [6, 6.07) is 7.73. The highest BCUT2D eigenvalue weighted by Crippen LogP contribution is 2.32. The molecule has 1 aliphatic heterocycles. The Morgan fingerprint density at radius 3 is 2.83 bits per heavy atom. The average Bonchev–Trinajstić information content (AvgIpc) is 2.28. The Labute approximate surface area is 114 Å². The second-order valence-corrected chi connectivity index (χ2v) is 5.48. The van der Waals surface area contributed by atoms with Crippen LogP contribution in [0.1, 0.15) is 12.5 Å². The van der Waals surface area contributed by atoms with Crippen LogP contribution in [0.15, 0.2) is 22.7 Å². The molecule has 1 N–H and O–H groups in total. The summed E-state index contributed by atoms with van der Waals surface area (Å²) < 4.78 is 0.874. The summed E-state index contributed by atoms with van der Waals surface area (Å²) in [5.41, 5.74) is 1.50. The maximum Gasteiger partial charge on any atom is 0.306 e. The summed E-state index contributed by atoms with van der Waals surface area (Å²) >= 11 is 3.33. The first-order valence-corrected chi connectivity index (χ1v) is 6.49. The number of carbonyl (C=O) groups is 1. The molecular formula is C13H13BrN2O2. The highest BCUT2D eigenvalue weighted by molar-refractivity contribution is 9.10. The van der Waals surface area contributed by atoms with E-state index in [4.69, 9.17) is 10.4 Å². The van der Waals surface area contributed by atoms with Crippen molar-refractivity contribution < 1.29 is 9.90 Å². The molecule has 1 unspecified atom stereocenters. The van der Waals surface area contributed by atoms with Gasteiger partial charge in [-0.05, 0) is 18.2 Å². The maximum absolute atomic E-state index is 10.9. The molecule has 0 aliphatic carbocycles. The van der Waals surface area contributed by atoms with Gasteiger partial charge in [0.15, 0.2) is 0 Å². The normalized spacial score (nSPS) is 16.8. The number of halogens is 1. The molecule has 94 valence electrons. The third-order valence-corrected chi connectivity index (χ3v) is 3.92. The predicted molar refractivity (Wildman–Crippen MR) is 71.4 cm³/mol. The Hall–Kier alpha value is -1.54. The number of carboxylic acid groups (broad SMARTS) is 1.